The van der Waals surface area contributed by atoms with E-state index in [1.54, 1.807) is 0 Å². The van der Waals surface area contributed by atoms with Gasteiger partial charge >= 0.3 is 0 Å². The Labute approximate surface area is 218 Å². The summed E-state index contributed by atoms with van der Waals surface area (Å²) < 4.78 is 0. The molecule has 0 aliphatic carbocycles. The fourth-order valence-corrected chi connectivity index (χ4v) is 4.59. The van der Waals surface area contributed by atoms with Crippen LogP contribution in [0.15, 0.2) is 97.1 Å². The normalized spacial score (nSPS) is 12.2. The summed E-state index contributed by atoms with van der Waals surface area (Å²) in [5.41, 5.74) is 14.3. The third-order valence-corrected chi connectivity index (χ3v) is 6.59. The van der Waals surface area contributed by atoms with E-state index in [1.165, 1.54) is 22.4 Å². The minimum Gasteiger partial charge on any atom is -0.366 e. The molecular formula is C31H33N5O. The molecule has 1 amide bonds. The molecule has 0 bridgehead atoms. The first-order chi connectivity index (χ1) is 18.2. The van der Waals surface area contributed by atoms with E-state index in [9.17, 15) is 4.79 Å². The van der Waals surface area contributed by atoms with E-state index in [1.807, 2.05) is 48.5 Å². The number of carbonyl (C=O) groups excluding carboxylic acids is 1. The molecule has 0 unspecified atom stereocenters. The SMILES string of the molecule is NCCNCc1ccc(-c2ccc3c(c2)N(Cc2cccc(C(=O)NCc4ccccc4)c2)CN3)cc1. The summed E-state index contributed by atoms with van der Waals surface area (Å²) in [5.74, 6) is -0.0605. The summed E-state index contributed by atoms with van der Waals surface area (Å²) in [7, 11) is 0. The van der Waals surface area contributed by atoms with Crippen molar-refractivity contribution in [1.82, 2.24) is 10.6 Å². The first kappa shape index (κ1) is 24.6. The van der Waals surface area contributed by atoms with Crippen molar-refractivity contribution in [2.75, 3.05) is 30.0 Å². The molecule has 188 valence electrons. The number of hydrogen-bond donors (Lipinski definition) is 4. The van der Waals surface area contributed by atoms with E-state index in [2.05, 4.69) is 69.4 Å². The summed E-state index contributed by atoms with van der Waals surface area (Å²) in [6, 6.07) is 33.1. The van der Waals surface area contributed by atoms with Crippen LogP contribution in [0.3, 0.4) is 0 Å². The first-order valence-electron chi connectivity index (χ1n) is 12.7. The maximum Gasteiger partial charge on any atom is 0.251 e. The number of fused-ring (bicyclic) bond motifs is 1. The zero-order chi connectivity index (χ0) is 25.5. The topological polar surface area (TPSA) is 82.4 Å². The summed E-state index contributed by atoms with van der Waals surface area (Å²) in [6.45, 7) is 4.24. The number of amides is 1. The van der Waals surface area contributed by atoms with Gasteiger partial charge in [0.05, 0.1) is 18.0 Å². The molecule has 0 saturated heterocycles. The largest absolute Gasteiger partial charge is 0.366 e. The van der Waals surface area contributed by atoms with Gasteiger partial charge in [0.15, 0.2) is 0 Å². The second-order valence-electron chi connectivity index (χ2n) is 9.30. The molecule has 6 nitrogen and oxygen atoms in total. The van der Waals surface area contributed by atoms with Crippen LogP contribution in [0, 0.1) is 0 Å². The smallest absolute Gasteiger partial charge is 0.251 e. The number of nitrogens with zero attached hydrogens (tertiary/aromatic N) is 1. The highest BCUT2D eigenvalue weighted by Gasteiger charge is 2.20. The average Bonchev–Trinajstić information content (AvgIpc) is 3.35. The van der Waals surface area contributed by atoms with Gasteiger partial charge in [0.2, 0.25) is 0 Å². The van der Waals surface area contributed by atoms with Crippen LogP contribution < -0.4 is 26.6 Å². The van der Waals surface area contributed by atoms with Crippen molar-refractivity contribution in [1.29, 1.82) is 0 Å². The van der Waals surface area contributed by atoms with Crippen LogP contribution in [0.5, 0.6) is 0 Å². The predicted octanol–water partition coefficient (Wildman–Crippen LogP) is 4.72. The van der Waals surface area contributed by atoms with Crippen LogP contribution in [0.1, 0.15) is 27.0 Å². The lowest BCUT2D eigenvalue weighted by Crippen LogP contribution is -2.24. The van der Waals surface area contributed by atoms with Crippen molar-refractivity contribution in [2.45, 2.75) is 19.6 Å². The molecule has 4 aromatic carbocycles. The van der Waals surface area contributed by atoms with Gasteiger partial charge in [-0.25, -0.2) is 0 Å². The van der Waals surface area contributed by atoms with E-state index in [-0.39, 0.29) is 5.91 Å². The van der Waals surface area contributed by atoms with Gasteiger partial charge in [-0.3, -0.25) is 4.79 Å². The molecule has 0 fully saturated rings. The van der Waals surface area contributed by atoms with Crippen LogP contribution >= 0.6 is 0 Å². The number of nitrogens with one attached hydrogen (secondary N) is 3. The number of nitrogens with two attached hydrogens (primary N) is 1. The summed E-state index contributed by atoms with van der Waals surface area (Å²) in [6.07, 6.45) is 0. The highest BCUT2D eigenvalue weighted by atomic mass is 16.1. The monoisotopic (exact) mass is 491 g/mol. The van der Waals surface area contributed by atoms with Crippen LogP contribution in [0.25, 0.3) is 11.1 Å². The molecular weight excluding hydrogens is 458 g/mol. The molecule has 0 atom stereocenters. The predicted molar refractivity (Wildman–Crippen MR) is 151 cm³/mol. The zero-order valence-corrected chi connectivity index (χ0v) is 20.9. The van der Waals surface area contributed by atoms with Crippen LogP contribution in [0.4, 0.5) is 11.4 Å². The molecule has 5 N–H and O–H groups in total. The Morgan fingerprint density at radius 3 is 2.38 bits per heavy atom. The molecule has 37 heavy (non-hydrogen) atoms. The zero-order valence-electron chi connectivity index (χ0n) is 20.9. The van der Waals surface area contributed by atoms with Crippen molar-refractivity contribution >= 4 is 17.3 Å². The van der Waals surface area contributed by atoms with Crippen molar-refractivity contribution in [3.63, 3.8) is 0 Å². The van der Waals surface area contributed by atoms with Gasteiger partial charge in [-0.1, -0.05) is 72.8 Å². The lowest BCUT2D eigenvalue weighted by molar-refractivity contribution is 0.0951. The lowest BCUT2D eigenvalue weighted by atomic mass is 10.0. The molecule has 4 aromatic rings. The Hall–Kier alpha value is -4.13. The lowest BCUT2D eigenvalue weighted by Gasteiger charge is -2.19. The molecule has 5 rings (SSSR count). The molecule has 6 heteroatoms. The van der Waals surface area contributed by atoms with Crippen molar-refractivity contribution in [3.05, 3.63) is 119 Å². The Balaban J connectivity index is 1.26. The number of hydrogen-bond acceptors (Lipinski definition) is 5. The molecule has 1 aliphatic heterocycles. The summed E-state index contributed by atoms with van der Waals surface area (Å²) >= 11 is 0. The Morgan fingerprint density at radius 1 is 0.811 bits per heavy atom. The molecule has 1 aliphatic rings. The van der Waals surface area contributed by atoms with Gasteiger partial charge in [-0.2, -0.15) is 0 Å². The van der Waals surface area contributed by atoms with Gasteiger partial charge in [0, 0.05) is 38.3 Å². The fourth-order valence-electron chi connectivity index (χ4n) is 4.59. The maximum absolute atomic E-state index is 12.8. The highest BCUT2D eigenvalue weighted by molar-refractivity contribution is 5.94. The standard InChI is InChI=1S/C31H33N5O/c32-15-16-33-19-24-9-11-26(12-10-24)27-13-14-29-30(18-27)36(22-35-29)21-25-7-4-8-28(17-25)31(37)34-20-23-5-2-1-3-6-23/h1-14,17-18,33,35H,15-16,19-22,32H2,(H,34,37). The highest BCUT2D eigenvalue weighted by Crippen LogP contribution is 2.36. The van der Waals surface area contributed by atoms with Gasteiger partial charge in [-0.05, 0) is 52.1 Å². The van der Waals surface area contributed by atoms with Crippen LogP contribution in [-0.2, 0) is 19.6 Å². The van der Waals surface area contributed by atoms with Crippen molar-refractivity contribution in [3.8, 4) is 11.1 Å². The third-order valence-electron chi connectivity index (χ3n) is 6.59. The van der Waals surface area contributed by atoms with Gasteiger partial charge in [0.1, 0.15) is 0 Å². The average molecular weight is 492 g/mol. The first-order valence-corrected chi connectivity index (χ1v) is 12.7. The quantitative estimate of drug-likeness (QED) is 0.241. The van der Waals surface area contributed by atoms with E-state index < -0.39 is 0 Å². The Morgan fingerprint density at radius 2 is 1.57 bits per heavy atom. The second-order valence-corrected chi connectivity index (χ2v) is 9.30. The molecule has 0 radical (unpaired) electrons. The van der Waals surface area contributed by atoms with E-state index in [0.717, 1.165) is 43.1 Å². The summed E-state index contributed by atoms with van der Waals surface area (Å²) in [4.78, 5) is 15.1. The van der Waals surface area contributed by atoms with E-state index in [0.29, 0.717) is 18.7 Å². The molecule has 0 aromatic heterocycles. The van der Waals surface area contributed by atoms with Crippen LogP contribution in [-0.4, -0.2) is 25.7 Å². The minimum absolute atomic E-state index is 0.0605. The number of rotatable bonds is 10. The summed E-state index contributed by atoms with van der Waals surface area (Å²) in [5, 5.41) is 9.85. The molecule has 0 spiro atoms. The van der Waals surface area contributed by atoms with Crippen molar-refractivity contribution < 1.29 is 4.79 Å². The minimum atomic E-state index is -0.0605. The Bertz CT molecular complexity index is 1340. The van der Waals surface area contributed by atoms with Gasteiger partial charge in [-0.15, -0.1) is 0 Å². The number of benzene rings is 4. The third kappa shape index (κ3) is 6.17. The van der Waals surface area contributed by atoms with Gasteiger partial charge in [0.25, 0.3) is 5.91 Å². The second kappa shape index (κ2) is 11.7. The van der Waals surface area contributed by atoms with E-state index >= 15 is 0 Å². The van der Waals surface area contributed by atoms with E-state index in [4.69, 9.17) is 5.73 Å². The molecule has 1 heterocycles. The fraction of sp³-hybridized carbons (Fsp3) is 0.194. The number of carbonyl (C=O) groups is 1. The Kier molecular flexibility index (Phi) is 7.79. The van der Waals surface area contributed by atoms with Crippen LogP contribution in [0.2, 0.25) is 0 Å². The van der Waals surface area contributed by atoms with Gasteiger partial charge < -0.3 is 26.6 Å². The number of anilines is 2. The maximum atomic E-state index is 12.8. The molecule has 0 saturated carbocycles. The van der Waals surface area contributed by atoms with Crippen molar-refractivity contribution in [2.24, 2.45) is 5.73 Å².